The van der Waals surface area contributed by atoms with Crippen molar-refractivity contribution in [1.29, 1.82) is 0 Å². The van der Waals surface area contributed by atoms with Crippen LogP contribution in [0.4, 0.5) is 0 Å². The molecule has 0 unspecified atom stereocenters. The average molecular weight is 582 g/mol. The molecule has 0 N–H and O–H groups in total. The molecule has 41 heavy (non-hydrogen) atoms. The Bertz CT molecular complexity index is 889. The van der Waals surface area contributed by atoms with Crippen LogP contribution in [-0.4, -0.2) is 133 Å². The number of hydrogen-bond acceptors (Lipinski definition) is 10. The van der Waals surface area contributed by atoms with Gasteiger partial charge in [-0.3, -0.25) is 24.2 Å². The lowest BCUT2D eigenvalue weighted by Gasteiger charge is -2.37. The lowest BCUT2D eigenvalue weighted by molar-refractivity contribution is -0.198. The third kappa shape index (κ3) is 14.6. The van der Waals surface area contributed by atoms with E-state index in [1.807, 2.05) is 25.7 Å². The maximum atomic E-state index is 12.8. The summed E-state index contributed by atoms with van der Waals surface area (Å²) in [6.07, 6.45) is 0.118. The van der Waals surface area contributed by atoms with Crippen molar-refractivity contribution in [2.45, 2.75) is 80.8 Å². The molecule has 11 heteroatoms. The van der Waals surface area contributed by atoms with Crippen molar-refractivity contribution in [3.8, 4) is 0 Å². The fourth-order valence-corrected chi connectivity index (χ4v) is 5.08. The van der Waals surface area contributed by atoms with E-state index in [2.05, 4.69) is 56.2 Å². The van der Waals surface area contributed by atoms with Gasteiger partial charge in [-0.1, -0.05) is 41.5 Å². The van der Waals surface area contributed by atoms with Crippen LogP contribution in [0.25, 0.3) is 0 Å². The van der Waals surface area contributed by atoms with E-state index in [1.165, 1.54) is 0 Å². The maximum Gasteiger partial charge on any atom is 0.347 e. The topological polar surface area (TPSA) is 103 Å². The highest BCUT2D eigenvalue weighted by Crippen LogP contribution is 2.18. The zero-order valence-electron chi connectivity index (χ0n) is 27.1. The highest BCUT2D eigenvalue weighted by molar-refractivity contribution is 6.01. The van der Waals surface area contributed by atoms with Crippen LogP contribution in [0.5, 0.6) is 0 Å². The molecule has 236 valence electrons. The summed E-state index contributed by atoms with van der Waals surface area (Å²) in [7, 11) is 0. The molecule has 0 atom stereocenters. The van der Waals surface area contributed by atoms with Gasteiger partial charge in [-0.25, -0.2) is 4.79 Å². The van der Waals surface area contributed by atoms with E-state index in [-0.39, 0.29) is 42.7 Å². The molecule has 2 saturated heterocycles. The number of amides is 2. The van der Waals surface area contributed by atoms with Gasteiger partial charge >= 0.3 is 11.9 Å². The molecule has 2 heterocycles. The van der Waals surface area contributed by atoms with Gasteiger partial charge in [0.05, 0.1) is 13.1 Å². The lowest BCUT2D eigenvalue weighted by Crippen LogP contribution is -2.50. The van der Waals surface area contributed by atoms with Crippen molar-refractivity contribution in [2.75, 3.05) is 78.5 Å². The molecule has 0 radical (unpaired) electrons. The summed E-state index contributed by atoms with van der Waals surface area (Å²) in [5.41, 5.74) is -0.327. The predicted octanol–water partition coefficient (Wildman–Crippen LogP) is 2.25. The number of rotatable bonds is 7. The molecular weight excluding hydrogens is 526 g/mol. The van der Waals surface area contributed by atoms with Gasteiger partial charge in [0, 0.05) is 78.3 Å². The number of carbonyl (C=O) groups is 4. The minimum atomic E-state index is -0.641. The van der Waals surface area contributed by atoms with Crippen LogP contribution < -0.4 is 0 Å². The van der Waals surface area contributed by atoms with Gasteiger partial charge < -0.3 is 19.4 Å². The van der Waals surface area contributed by atoms with Crippen LogP contribution in [0, 0.1) is 10.8 Å². The summed E-state index contributed by atoms with van der Waals surface area (Å²) in [5, 5.41) is 0.601. The summed E-state index contributed by atoms with van der Waals surface area (Å²) in [5.74, 6) is -1.90. The van der Waals surface area contributed by atoms with E-state index >= 15 is 0 Å². The van der Waals surface area contributed by atoms with Crippen molar-refractivity contribution in [2.24, 2.45) is 10.8 Å². The molecule has 2 amide bonds. The van der Waals surface area contributed by atoms with Crippen LogP contribution in [-0.2, 0) is 28.8 Å². The van der Waals surface area contributed by atoms with Gasteiger partial charge in [-0.15, -0.1) is 5.06 Å². The first-order chi connectivity index (χ1) is 18.8. The van der Waals surface area contributed by atoms with Gasteiger partial charge in [0.15, 0.2) is 0 Å². The summed E-state index contributed by atoms with van der Waals surface area (Å²) < 4.78 is 5.61. The number of carbonyl (C=O) groups excluding carboxylic acids is 4. The number of esters is 1. The molecular formula is C30H55N5O6. The van der Waals surface area contributed by atoms with Crippen molar-refractivity contribution < 1.29 is 28.8 Å². The van der Waals surface area contributed by atoms with Gasteiger partial charge in [-0.05, 0) is 31.6 Å². The SMILES string of the molecule is CC(C)(C)CN1CCN(CC(=O)ON2C(=O)CCC2=O)CCN(CC(=O)OC(C)(C)C)CCN(CC(C)(C)C)CC1. The molecule has 0 aromatic heterocycles. The lowest BCUT2D eigenvalue weighted by atomic mass is 9.95. The average Bonchev–Trinajstić information content (AvgIpc) is 3.09. The Morgan fingerprint density at radius 2 is 0.927 bits per heavy atom. The van der Waals surface area contributed by atoms with Gasteiger partial charge in [0.25, 0.3) is 11.8 Å². The van der Waals surface area contributed by atoms with Gasteiger partial charge in [0.2, 0.25) is 0 Å². The second kappa shape index (κ2) is 14.9. The summed E-state index contributed by atoms with van der Waals surface area (Å²) >= 11 is 0. The van der Waals surface area contributed by atoms with Crippen LogP contribution in [0.3, 0.4) is 0 Å². The largest absolute Gasteiger partial charge is 0.459 e. The molecule has 0 spiro atoms. The highest BCUT2D eigenvalue weighted by atomic mass is 16.7. The molecule has 2 fully saturated rings. The Labute approximate surface area is 247 Å². The number of hydroxylamine groups is 2. The minimum Gasteiger partial charge on any atom is -0.459 e. The van der Waals surface area contributed by atoms with Crippen LogP contribution in [0.1, 0.15) is 75.2 Å². The van der Waals surface area contributed by atoms with Crippen molar-refractivity contribution in [1.82, 2.24) is 24.7 Å². The second-order valence-corrected chi connectivity index (χ2v) is 14.9. The van der Waals surface area contributed by atoms with E-state index in [0.717, 1.165) is 39.3 Å². The second-order valence-electron chi connectivity index (χ2n) is 14.9. The third-order valence-corrected chi connectivity index (χ3v) is 6.65. The monoisotopic (exact) mass is 581 g/mol. The standard InChI is InChI=1S/C30H55N5O6/c1-28(2,3)22-33-16-14-31(20-26(38)40-30(7,8)9)12-13-32(15-17-34(19-18-33)23-29(4,5)6)21-27(39)41-35-24(36)10-11-25(35)37/h10-23H2,1-9H3. The fraction of sp³-hybridized carbons (Fsp3) is 0.867. The van der Waals surface area contributed by atoms with E-state index in [1.54, 1.807) is 0 Å². The molecule has 0 saturated carbocycles. The minimum absolute atomic E-state index is 0.0587. The Hall–Kier alpha value is -2.08. The van der Waals surface area contributed by atoms with Gasteiger partial charge in [-0.2, -0.15) is 0 Å². The van der Waals surface area contributed by atoms with Crippen LogP contribution in [0.15, 0.2) is 0 Å². The van der Waals surface area contributed by atoms with Crippen LogP contribution in [0.2, 0.25) is 0 Å². The first-order valence-electron chi connectivity index (χ1n) is 15.0. The maximum absolute atomic E-state index is 12.8. The van der Waals surface area contributed by atoms with E-state index < -0.39 is 23.4 Å². The molecule has 2 aliphatic heterocycles. The zero-order chi connectivity index (χ0) is 31.0. The Morgan fingerprint density at radius 3 is 1.27 bits per heavy atom. The van der Waals surface area contributed by atoms with Crippen molar-refractivity contribution in [3.05, 3.63) is 0 Å². The molecule has 0 aromatic carbocycles. The van der Waals surface area contributed by atoms with Crippen LogP contribution >= 0.6 is 0 Å². The number of hydrogen-bond donors (Lipinski definition) is 0. The van der Waals surface area contributed by atoms with E-state index in [0.29, 0.717) is 31.2 Å². The zero-order valence-corrected chi connectivity index (χ0v) is 27.1. The highest BCUT2D eigenvalue weighted by Gasteiger charge is 2.33. The van der Waals surface area contributed by atoms with E-state index in [4.69, 9.17) is 9.57 Å². The quantitative estimate of drug-likeness (QED) is 0.329. The van der Waals surface area contributed by atoms with Crippen molar-refractivity contribution in [3.63, 3.8) is 0 Å². The fourth-order valence-electron chi connectivity index (χ4n) is 5.08. The molecule has 0 aliphatic carbocycles. The summed E-state index contributed by atoms with van der Waals surface area (Å²) in [4.78, 5) is 63.7. The van der Waals surface area contributed by atoms with E-state index in [9.17, 15) is 19.2 Å². The molecule has 0 aromatic rings. The molecule has 11 nitrogen and oxygen atoms in total. The number of imide groups is 1. The van der Waals surface area contributed by atoms with Gasteiger partial charge in [0.1, 0.15) is 5.60 Å². The Kier molecular flexibility index (Phi) is 12.8. The summed E-state index contributed by atoms with van der Waals surface area (Å²) in [6, 6.07) is 0. The summed E-state index contributed by atoms with van der Waals surface area (Å²) in [6.45, 7) is 26.7. The number of ether oxygens (including phenoxy) is 1. The number of nitrogens with zero attached hydrogens (tertiary/aromatic N) is 5. The third-order valence-electron chi connectivity index (χ3n) is 6.65. The Balaban J connectivity index is 2.21. The molecule has 2 aliphatic rings. The smallest absolute Gasteiger partial charge is 0.347 e. The first-order valence-corrected chi connectivity index (χ1v) is 15.0. The normalized spacial score (nSPS) is 20.6. The molecule has 2 rings (SSSR count). The first kappa shape index (κ1) is 35.1. The Morgan fingerprint density at radius 1 is 0.585 bits per heavy atom. The predicted molar refractivity (Wildman–Crippen MR) is 158 cm³/mol. The molecule has 0 bridgehead atoms. The van der Waals surface area contributed by atoms with Crippen molar-refractivity contribution >= 4 is 23.8 Å².